The molecule has 1 aromatic heterocycles. The first-order chi connectivity index (χ1) is 9.21. The molecule has 0 saturated carbocycles. The Morgan fingerprint density at radius 1 is 1.30 bits per heavy atom. The lowest BCUT2D eigenvalue weighted by molar-refractivity contribution is -0.143. The summed E-state index contributed by atoms with van der Waals surface area (Å²) in [6.45, 7) is 0. The molecule has 106 valence electrons. The van der Waals surface area contributed by atoms with Crippen LogP contribution >= 0.6 is 23.2 Å². The molecular weight excluding hydrogens is 318 g/mol. The number of hydrogen-bond acceptors (Lipinski definition) is 2. The molecule has 20 heavy (non-hydrogen) atoms. The summed E-state index contributed by atoms with van der Waals surface area (Å²) in [6, 6.07) is 3.89. The summed E-state index contributed by atoms with van der Waals surface area (Å²) in [5.41, 5.74) is 2.84. The third-order valence-electron chi connectivity index (χ3n) is 2.44. The molecule has 0 saturated heterocycles. The van der Waals surface area contributed by atoms with Crippen LogP contribution in [0.2, 0.25) is 10.0 Å². The number of halogens is 5. The minimum Gasteiger partial charge on any atom is -0.365 e. The van der Waals surface area contributed by atoms with Crippen molar-refractivity contribution in [2.75, 3.05) is 0 Å². The second-order valence-electron chi connectivity index (χ2n) is 3.78. The Balaban J connectivity index is 2.72. The summed E-state index contributed by atoms with van der Waals surface area (Å²) in [6.07, 6.45) is -4.07. The number of aromatic nitrogens is 2. The van der Waals surface area contributed by atoms with Crippen LogP contribution in [-0.2, 0) is 6.18 Å². The largest absolute Gasteiger partial charge is 0.434 e. The van der Waals surface area contributed by atoms with Gasteiger partial charge in [-0.05, 0) is 18.2 Å². The van der Waals surface area contributed by atoms with Crippen molar-refractivity contribution in [3.63, 3.8) is 0 Å². The lowest BCUT2D eigenvalue weighted by Crippen LogP contribution is -2.20. The van der Waals surface area contributed by atoms with E-state index in [2.05, 4.69) is 5.10 Å². The monoisotopic (exact) mass is 323 g/mol. The van der Waals surface area contributed by atoms with Crippen LogP contribution in [0.5, 0.6) is 0 Å². The van der Waals surface area contributed by atoms with Gasteiger partial charge in [0, 0.05) is 5.02 Å². The predicted molar refractivity (Wildman–Crippen MR) is 67.1 cm³/mol. The first-order valence-electron chi connectivity index (χ1n) is 5.12. The summed E-state index contributed by atoms with van der Waals surface area (Å²) < 4.78 is 39.7. The van der Waals surface area contributed by atoms with Crippen LogP contribution in [0.15, 0.2) is 24.4 Å². The average Bonchev–Trinajstić information content (AvgIpc) is 2.73. The smallest absolute Gasteiger partial charge is 0.365 e. The van der Waals surface area contributed by atoms with E-state index < -0.39 is 23.3 Å². The van der Waals surface area contributed by atoms with Gasteiger partial charge in [0.05, 0.1) is 22.5 Å². The maximum Gasteiger partial charge on any atom is 0.434 e. The van der Waals surface area contributed by atoms with Crippen molar-refractivity contribution < 1.29 is 18.0 Å². The number of rotatable bonds is 2. The van der Waals surface area contributed by atoms with Gasteiger partial charge in [0.1, 0.15) is 0 Å². The van der Waals surface area contributed by atoms with Crippen LogP contribution in [0.4, 0.5) is 13.2 Å². The Kier molecular flexibility index (Phi) is 3.66. The van der Waals surface area contributed by atoms with E-state index in [1.54, 1.807) is 0 Å². The van der Waals surface area contributed by atoms with E-state index in [4.69, 9.17) is 28.9 Å². The van der Waals surface area contributed by atoms with Crippen LogP contribution in [-0.4, -0.2) is 15.7 Å². The van der Waals surface area contributed by atoms with Gasteiger partial charge in [-0.1, -0.05) is 23.2 Å². The Hall–Kier alpha value is -1.73. The van der Waals surface area contributed by atoms with Crippen LogP contribution < -0.4 is 5.73 Å². The second kappa shape index (κ2) is 4.99. The molecule has 0 radical (unpaired) electrons. The van der Waals surface area contributed by atoms with E-state index in [0.29, 0.717) is 4.68 Å². The van der Waals surface area contributed by atoms with Gasteiger partial charge in [0.25, 0.3) is 5.91 Å². The molecule has 2 aromatic rings. The Labute approximate surface area is 120 Å². The second-order valence-corrected chi connectivity index (χ2v) is 4.62. The summed E-state index contributed by atoms with van der Waals surface area (Å²) in [5, 5.41) is 3.75. The fourth-order valence-electron chi connectivity index (χ4n) is 1.64. The zero-order valence-corrected chi connectivity index (χ0v) is 11.1. The van der Waals surface area contributed by atoms with E-state index >= 15 is 0 Å². The van der Waals surface area contributed by atoms with E-state index in [1.165, 1.54) is 18.2 Å². The van der Waals surface area contributed by atoms with Gasteiger partial charge in [0.15, 0.2) is 5.69 Å². The first-order valence-corrected chi connectivity index (χ1v) is 5.88. The molecule has 0 aliphatic rings. The van der Waals surface area contributed by atoms with Crippen molar-refractivity contribution in [1.82, 2.24) is 9.78 Å². The van der Waals surface area contributed by atoms with E-state index in [1.807, 2.05) is 0 Å². The lowest BCUT2D eigenvalue weighted by Gasteiger charge is -2.13. The minimum absolute atomic E-state index is 0.0397. The predicted octanol–water partition coefficient (Wildman–Crippen LogP) is 3.30. The van der Waals surface area contributed by atoms with Crippen molar-refractivity contribution >= 4 is 29.1 Å². The molecule has 0 spiro atoms. The molecule has 4 nitrogen and oxygen atoms in total. The Bertz CT molecular complexity index is 682. The number of carbonyl (C=O) groups is 1. The van der Waals surface area contributed by atoms with Crippen molar-refractivity contribution in [2.24, 2.45) is 5.73 Å². The van der Waals surface area contributed by atoms with E-state index in [-0.39, 0.29) is 15.7 Å². The molecule has 0 aliphatic carbocycles. The van der Waals surface area contributed by atoms with Crippen LogP contribution in [0.25, 0.3) is 5.69 Å². The van der Waals surface area contributed by atoms with Crippen molar-refractivity contribution in [2.45, 2.75) is 6.18 Å². The average molecular weight is 324 g/mol. The summed E-state index contributed by atoms with van der Waals surface area (Å²) >= 11 is 11.5. The highest BCUT2D eigenvalue weighted by molar-refractivity contribution is 6.35. The van der Waals surface area contributed by atoms with Crippen LogP contribution in [0, 0.1) is 0 Å². The summed E-state index contributed by atoms with van der Waals surface area (Å²) in [5.74, 6) is -1.23. The Morgan fingerprint density at radius 2 is 1.95 bits per heavy atom. The highest BCUT2D eigenvalue weighted by Gasteiger charge is 2.40. The molecular formula is C11H6Cl2F3N3O. The first kappa shape index (κ1) is 14.7. The number of primary amides is 1. The van der Waals surface area contributed by atoms with Crippen LogP contribution in [0.1, 0.15) is 16.1 Å². The zero-order chi connectivity index (χ0) is 15.1. The Morgan fingerprint density at radius 3 is 2.45 bits per heavy atom. The maximum atomic E-state index is 13.1. The van der Waals surface area contributed by atoms with E-state index in [0.717, 1.165) is 6.20 Å². The van der Waals surface area contributed by atoms with Crippen molar-refractivity contribution in [3.8, 4) is 5.69 Å². The fraction of sp³-hybridized carbons (Fsp3) is 0.0909. The third kappa shape index (κ3) is 2.59. The highest BCUT2D eigenvalue weighted by Crippen LogP contribution is 2.35. The molecule has 1 heterocycles. The normalized spacial score (nSPS) is 11.7. The van der Waals surface area contributed by atoms with Crippen molar-refractivity contribution in [3.05, 3.63) is 45.7 Å². The SMILES string of the molecule is NC(=O)c1cnn(-c2ccc(Cl)cc2Cl)c1C(F)(F)F. The number of carbonyl (C=O) groups excluding carboxylic acids is 1. The molecule has 0 unspecified atom stereocenters. The van der Waals surface area contributed by atoms with Crippen molar-refractivity contribution in [1.29, 1.82) is 0 Å². The van der Waals surface area contributed by atoms with Gasteiger partial charge < -0.3 is 5.73 Å². The number of alkyl halides is 3. The van der Waals surface area contributed by atoms with Gasteiger partial charge in [-0.2, -0.15) is 18.3 Å². The molecule has 0 aliphatic heterocycles. The lowest BCUT2D eigenvalue weighted by atomic mass is 10.2. The zero-order valence-electron chi connectivity index (χ0n) is 9.58. The number of nitrogens with two attached hydrogens (primary N) is 1. The molecule has 2 rings (SSSR count). The van der Waals surface area contributed by atoms with Gasteiger partial charge >= 0.3 is 6.18 Å². The maximum absolute atomic E-state index is 13.1. The molecule has 9 heteroatoms. The molecule has 1 aromatic carbocycles. The summed E-state index contributed by atoms with van der Waals surface area (Å²) in [7, 11) is 0. The molecule has 0 fully saturated rings. The number of nitrogens with zero attached hydrogens (tertiary/aromatic N) is 2. The highest BCUT2D eigenvalue weighted by atomic mass is 35.5. The van der Waals surface area contributed by atoms with E-state index in [9.17, 15) is 18.0 Å². The fourth-order valence-corrected chi connectivity index (χ4v) is 2.13. The topological polar surface area (TPSA) is 60.9 Å². The standard InChI is InChI=1S/C11H6Cl2F3N3O/c12-5-1-2-8(7(13)3-5)19-9(11(14,15)16)6(4-18-19)10(17)20/h1-4H,(H2,17,20). The molecule has 0 atom stereocenters. The number of hydrogen-bond donors (Lipinski definition) is 1. The quantitative estimate of drug-likeness (QED) is 0.921. The molecule has 2 N–H and O–H groups in total. The minimum atomic E-state index is -4.82. The van der Waals surface area contributed by atoms with Crippen LogP contribution in [0.3, 0.4) is 0 Å². The van der Waals surface area contributed by atoms with Gasteiger partial charge in [-0.25, -0.2) is 4.68 Å². The molecule has 0 bridgehead atoms. The third-order valence-corrected chi connectivity index (χ3v) is 2.98. The van der Waals surface area contributed by atoms with Gasteiger partial charge in [-0.15, -0.1) is 0 Å². The number of benzene rings is 1. The van der Waals surface area contributed by atoms with Gasteiger partial charge in [0.2, 0.25) is 0 Å². The summed E-state index contributed by atoms with van der Waals surface area (Å²) in [4.78, 5) is 11.1. The number of amides is 1. The van der Waals surface area contributed by atoms with Gasteiger partial charge in [-0.3, -0.25) is 4.79 Å². The molecule has 1 amide bonds.